The van der Waals surface area contributed by atoms with E-state index in [0.717, 1.165) is 16.5 Å². The molecule has 0 radical (unpaired) electrons. The molecule has 2 atom stereocenters. The van der Waals surface area contributed by atoms with E-state index < -0.39 is 0 Å². The van der Waals surface area contributed by atoms with E-state index in [1.165, 1.54) is 12.8 Å². The van der Waals surface area contributed by atoms with Crippen molar-refractivity contribution in [2.24, 2.45) is 5.92 Å². The van der Waals surface area contributed by atoms with E-state index in [0.29, 0.717) is 12.0 Å². The summed E-state index contributed by atoms with van der Waals surface area (Å²) < 4.78 is 0.999. The van der Waals surface area contributed by atoms with Gasteiger partial charge in [0.2, 0.25) is 0 Å². The molecule has 86 valence electrons. The molecule has 1 aromatic carbocycles. The minimum absolute atomic E-state index is 0.0519. The van der Waals surface area contributed by atoms with Crippen molar-refractivity contribution in [3.63, 3.8) is 0 Å². The number of hydrogen-bond acceptors (Lipinski definition) is 1. The van der Waals surface area contributed by atoms with Crippen LogP contribution < -0.4 is 5.32 Å². The first kappa shape index (κ1) is 11.6. The van der Waals surface area contributed by atoms with Crippen LogP contribution in [0.15, 0.2) is 28.7 Å². The minimum atomic E-state index is 0.0519. The van der Waals surface area contributed by atoms with E-state index in [9.17, 15) is 4.79 Å². The number of rotatable bonds is 4. The lowest BCUT2D eigenvalue weighted by molar-refractivity contribution is 0.0949. The van der Waals surface area contributed by atoms with E-state index in [1.54, 1.807) is 0 Å². The second-order valence-corrected chi connectivity index (χ2v) is 5.29. The van der Waals surface area contributed by atoms with Crippen molar-refractivity contribution in [2.75, 3.05) is 0 Å². The highest BCUT2D eigenvalue weighted by molar-refractivity contribution is 9.10. The van der Waals surface area contributed by atoms with Gasteiger partial charge in [0.05, 0.1) is 0 Å². The van der Waals surface area contributed by atoms with E-state index in [4.69, 9.17) is 0 Å². The number of carbonyl (C=O) groups is 1. The van der Waals surface area contributed by atoms with Gasteiger partial charge in [-0.25, -0.2) is 0 Å². The van der Waals surface area contributed by atoms with Gasteiger partial charge in [0, 0.05) is 16.1 Å². The summed E-state index contributed by atoms with van der Waals surface area (Å²) in [6, 6.07) is 7.89. The number of carbonyl (C=O) groups excluding carboxylic acids is 1. The van der Waals surface area contributed by atoms with Crippen molar-refractivity contribution in [1.29, 1.82) is 0 Å². The first-order chi connectivity index (χ1) is 7.70. The summed E-state index contributed by atoms with van der Waals surface area (Å²) in [7, 11) is 0. The number of hydrogen-bond donors (Lipinski definition) is 1. The maximum absolute atomic E-state index is 11.8. The first-order valence-electron chi connectivity index (χ1n) is 5.77. The maximum atomic E-state index is 11.8. The third-order valence-electron chi connectivity index (χ3n) is 3.00. The van der Waals surface area contributed by atoms with Crippen molar-refractivity contribution in [3.05, 3.63) is 34.3 Å². The number of halogens is 1. The number of benzene rings is 1. The fraction of sp³-hybridized carbons (Fsp3) is 0.462. The van der Waals surface area contributed by atoms with Crippen molar-refractivity contribution in [3.8, 4) is 0 Å². The highest BCUT2D eigenvalue weighted by Gasteiger charge is 2.37. The van der Waals surface area contributed by atoms with Crippen LogP contribution in [-0.4, -0.2) is 11.9 Å². The van der Waals surface area contributed by atoms with Gasteiger partial charge in [-0.05, 0) is 43.0 Å². The van der Waals surface area contributed by atoms with E-state index >= 15 is 0 Å². The Labute approximate surface area is 105 Å². The zero-order valence-corrected chi connectivity index (χ0v) is 11.0. The van der Waals surface area contributed by atoms with Gasteiger partial charge < -0.3 is 5.32 Å². The second-order valence-electron chi connectivity index (χ2n) is 4.37. The summed E-state index contributed by atoms with van der Waals surface area (Å²) >= 11 is 3.36. The molecule has 0 saturated heterocycles. The van der Waals surface area contributed by atoms with Crippen LogP contribution in [0.2, 0.25) is 0 Å². The molecule has 0 spiro atoms. The maximum Gasteiger partial charge on any atom is 0.251 e. The third-order valence-corrected chi connectivity index (χ3v) is 3.53. The molecule has 0 aliphatic heterocycles. The fourth-order valence-electron chi connectivity index (χ4n) is 1.97. The summed E-state index contributed by atoms with van der Waals surface area (Å²) in [5.74, 6) is 0.764. The molecule has 0 bridgehead atoms. The lowest BCUT2D eigenvalue weighted by Crippen LogP contribution is -2.26. The van der Waals surface area contributed by atoms with E-state index in [1.807, 2.05) is 24.3 Å². The molecule has 1 aliphatic rings. The lowest BCUT2D eigenvalue weighted by atomic mass is 10.2. The Morgan fingerprint density at radius 3 is 2.75 bits per heavy atom. The average molecular weight is 282 g/mol. The van der Waals surface area contributed by atoms with Gasteiger partial charge in [0.25, 0.3) is 5.91 Å². The van der Waals surface area contributed by atoms with Gasteiger partial charge >= 0.3 is 0 Å². The van der Waals surface area contributed by atoms with Gasteiger partial charge in [0.15, 0.2) is 0 Å². The molecule has 1 fully saturated rings. The zero-order chi connectivity index (χ0) is 11.5. The molecule has 0 aromatic heterocycles. The molecule has 1 aromatic rings. The Hall–Kier alpha value is -0.830. The van der Waals surface area contributed by atoms with Crippen LogP contribution in [-0.2, 0) is 0 Å². The highest BCUT2D eigenvalue weighted by Crippen LogP contribution is 2.34. The van der Waals surface area contributed by atoms with Crippen molar-refractivity contribution in [1.82, 2.24) is 5.32 Å². The van der Waals surface area contributed by atoms with Crippen LogP contribution in [0.5, 0.6) is 0 Å². The predicted molar refractivity (Wildman–Crippen MR) is 68.4 cm³/mol. The molecule has 1 amide bonds. The summed E-state index contributed by atoms with van der Waals surface area (Å²) in [6.45, 7) is 2.19. The van der Waals surface area contributed by atoms with Crippen molar-refractivity contribution >= 4 is 21.8 Å². The van der Waals surface area contributed by atoms with Crippen LogP contribution in [0.4, 0.5) is 0 Å². The quantitative estimate of drug-likeness (QED) is 0.901. The van der Waals surface area contributed by atoms with Gasteiger partial charge in [-0.15, -0.1) is 0 Å². The van der Waals surface area contributed by atoms with Gasteiger partial charge in [-0.2, -0.15) is 0 Å². The minimum Gasteiger partial charge on any atom is -0.349 e. The van der Waals surface area contributed by atoms with Crippen molar-refractivity contribution < 1.29 is 4.79 Å². The Kier molecular flexibility index (Phi) is 3.64. The molecular formula is C13H16BrNO. The Bertz CT molecular complexity index is 374. The summed E-state index contributed by atoms with van der Waals surface area (Å²) in [6.07, 6.45) is 3.58. The summed E-state index contributed by atoms with van der Waals surface area (Å²) in [4.78, 5) is 11.8. The summed E-state index contributed by atoms with van der Waals surface area (Å²) in [5.41, 5.74) is 0.741. The highest BCUT2D eigenvalue weighted by atomic mass is 79.9. The van der Waals surface area contributed by atoms with Crippen LogP contribution >= 0.6 is 15.9 Å². The SMILES string of the molecule is CCCC1CC1NC(=O)c1ccc(Br)cc1. The van der Waals surface area contributed by atoms with Gasteiger partial charge in [-0.1, -0.05) is 29.3 Å². The van der Waals surface area contributed by atoms with E-state index in [-0.39, 0.29) is 5.91 Å². The molecule has 1 aliphatic carbocycles. The van der Waals surface area contributed by atoms with E-state index in [2.05, 4.69) is 28.2 Å². The average Bonchev–Trinajstić information content (AvgIpc) is 2.98. The van der Waals surface area contributed by atoms with Crippen LogP contribution in [0.1, 0.15) is 36.5 Å². The van der Waals surface area contributed by atoms with Crippen molar-refractivity contribution in [2.45, 2.75) is 32.2 Å². The molecule has 16 heavy (non-hydrogen) atoms. The predicted octanol–water partition coefficient (Wildman–Crippen LogP) is 3.37. The summed E-state index contributed by atoms with van der Waals surface area (Å²) in [5, 5.41) is 3.07. The molecule has 2 unspecified atom stereocenters. The number of nitrogens with one attached hydrogen (secondary N) is 1. The standard InChI is InChI=1S/C13H16BrNO/c1-2-3-10-8-12(10)15-13(16)9-4-6-11(14)7-5-9/h4-7,10,12H,2-3,8H2,1H3,(H,15,16). The largest absolute Gasteiger partial charge is 0.349 e. The van der Waals surface area contributed by atoms with Crippen LogP contribution in [0.25, 0.3) is 0 Å². The monoisotopic (exact) mass is 281 g/mol. The van der Waals surface area contributed by atoms with Crippen LogP contribution in [0.3, 0.4) is 0 Å². The topological polar surface area (TPSA) is 29.1 Å². The molecule has 3 heteroatoms. The Morgan fingerprint density at radius 1 is 1.44 bits per heavy atom. The van der Waals surface area contributed by atoms with Gasteiger partial charge in [0.1, 0.15) is 0 Å². The Morgan fingerprint density at radius 2 is 2.12 bits per heavy atom. The Balaban J connectivity index is 1.87. The molecular weight excluding hydrogens is 266 g/mol. The third kappa shape index (κ3) is 2.85. The zero-order valence-electron chi connectivity index (χ0n) is 9.37. The molecule has 2 rings (SSSR count). The lowest BCUT2D eigenvalue weighted by Gasteiger charge is -2.04. The number of amides is 1. The second kappa shape index (κ2) is 5.00. The molecule has 1 saturated carbocycles. The fourth-order valence-corrected chi connectivity index (χ4v) is 2.23. The molecule has 0 heterocycles. The van der Waals surface area contributed by atoms with Crippen LogP contribution in [0, 0.1) is 5.92 Å². The molecule has 2 nitrogen and oxygen atoms in total. The van der Waals surface area contributed by atoms with Gasteiger partial charge in [-0.3, -0.25) is 4.79 Å². The molecule has 1 N–H and O–H groups in total. The normalized spacial score (nSPS) is 22.9. The smallest absolute Gasteiger partial charge is 0.251 e. The first-order valence-corrected chi connectivity index (χ1v) is 6.56.